The van der Waals surface area contributed by atoms with Gasteiger partial charge in [-0.3, -0.25) is 0 Å². The van der Waals surface area contributed by atoms with Gasteiger partial charge in [-0.15, -0.1) is 0 Å². The Bertz CT molecular complexity index is 389. The molecule has 0 saturated heterocycles. The average molecular weight is 222 g/mol. The highest BCUT2D eigenvalue weighted by Crippen LogP contribution is 2.36. The van der Waals surface area contributed by atoms with Crippen molar-refractivity contribution < 1.29 is 4.39 Å². The lowest BCUT2D eigenvalue weighted by Crippen LogP contribution is -2.23. The van der Waals surface area contributed by atoms with Crippen LogP contribution in [0.1, 0.15) is 58.2 Å². The van der Waals surface area contributed by atoms with Gasteiger partial charge in [0.1, 0.15) is 5.82 Å². The zero-order chi connectivity index (χ0) is 12.7. The van der Waals surface area contributed by atoms with E-state index in [0.717, 1.165) is 16.7 Å². The van der Waals surface area contributed by atoms with Crippen LogP contribution in [-0.4, -0.2) is 0 Å². The van der Waals surface area contributed by atoms with Crippen LogP contribution in [0.15, 0.2) is 12.1 Å². The Labute approximate surface area is 98.9 Å². The molecule has 0 aromatic heterocycles. The Hall–Kier alpha value is -0.850. The van der Waals surface area contributed by atoms with Gasteiger partial charge in [-0.2, -0.15) is 0 Å². The minimum Gasteiger partial charge on any atom is -0.207 e. The van der Waals surface area contributed by atoms with E-state index >= 15 is 0 Å². The molecule has 1 rings (SSSR count). The van der Waals surface area contributed by atoms with Crippen LogP contribution in [0.3, 0.4) is 0 Å². The normalized spacial score (nSPS) is 13.0. The van der Waals surface area contributed by atoms with Crippen molar-refractivity contribution in [1.82, 2.24) is 0 Å². The molecule has 0 amide bonds. The standard InChI is InChI=1S/C15H23F/c1-10-8-11(14(2,3)4)13(12(16)9-10)15(5,6)7/h8-9H,1-7H3. The van der Waals surface area contributed by atoms with Gasteiger partial charge in [0.2, 0.25) is 0 Å². The van der Waals surface area contributed by atoms with Crippen molar-refractivity contribution in [2.24, 2.45) is 0 Å². The van der Waals surface area contributed by atoms with Gasteiger partial charge in [0, 0.05) is 0 Å². The number of hydrogen-bond donors (Lipinski definition) is 0. The predicted molar refractivity (Wildman–Crippen MR) is 68.5 cm³/mol. The van der Waals surface area contributed by atoms with Crippen molar-refractivity contribution in [2.75, 3.05) is 0 Å². The summed E-state index contributed by atoms with van der Waals surface area (Å²) in [6, 6.07) is 3.75. The number of benzene rings is 1. The summed E-state index contributed by atoms with van der Waals surface area (Å²) >= 11 is 0. The second-order valence-corrected chi connectivity index (χ2v) is 6.67. The monoisotopic (exact) mass is 222 g/mol. The number of halogens is 1. The van der Waals surface area contributed by atoms with E-state index in [-0.39, 0.29) is 16.6 Å². The van der Waals surface area contributed by atoms with Gasteiger partial charge in [-0.1, -0.05) is 47.6 Å². The molecule has 1 heteroatoms. The fourth-order valence-electron chi connectivity index (χ4n) is 2.10. The molecular weight excluding hydrogens is 199 g/mol. The lowest BCUT2D eigenvalue weighted by atomic mass is 9.74. The molecule has 0 bridgehead atoms. The van der Waals surface area contributed by atoms with Gasteiger partial charge in [-0.25, -0.2) is 4.39 Å². The van der Waals surface area contributed by atoms with Crippen molar-refractivity contribution in [3.05, 3.63) is 34.6 Å². The molecule has 0 heterocycles. The maximum atomic E-state index is 14.1. The molecule has 1 aromatic rings. The highest BCUT2D eigenvalue weighted by Gasteiger charge is 2.28. The number of rotatable bonds is 0. The molecule has 0 saturated carbocycles. The van der Waals surface area contributed by atoms with E-state index in [1.165, 1.54) is 0 Å². The van der Waals surface area contributed by atoms with Crippen LogP contribution in [0.2, 0.25) is 0 Å². The van der Waals surface area contributed by atoms with Crippen molar-refractivity contribution in [3.8, 4) is 0 Å². The lowest BCUT2D eigenvalue weighted by molar-refractivity contribution is 0.486. The second kappa shape index (κ2) is 3.87. The molecule has 0 aliphatic rings. The fourth-order valence-corrected chi connectivity index (χ4v) is 2.10. The van der Waals surface area contributed by atoms with Gasteiger partial charge < -0.3 is 0 Å². The Balaban J connectivity index is 3.58. The van der Waals surface area contributed by atoms with E-state index in [9.17, 15) is 4.39 Å². The smallest absolute Gasteiger partial charge is 0.127 e. The highest BCUT2D eigenvalue weighted by molar-refractivity contribution is 5.41. The third kappa shape index (κ3) is 2.63. The molecule has 0 aliphatic heterocycles. The lowest BCUT2D eigenvalue weighted by Gasteiger charge is -2.30. The summed E-state index contributed by atoms with van der Waals surface area (Å²) < 4.78 is 14.1. The summed E-state index contributed by atoms with van der Waals surface area (Å²) in [5, 5.41) is 0. The van der Waals surface area contributed by atoms with E-state index < -0.39 is 0 Å². The van der Waals surface area contributed by atoms with Crippen molar-refractivity contribution >= 4 is 0 Å². The molecule has 0 unspecified atom stereocenters. The second-order valence-electron chi connectivity index (χ2n) is 6.67. The van der Waals surface area contributed by atoms with Crippen LogP contribution in [0.4, 0.5) is 4.39 Å². The number of hydrogen-bond acceptors (Lipinski definition) is 0. The predicted octanol–water partition coefficient (Wildman–Crippen LogP) is 4.73. The third-order valence-corrected chi connectivity index (χ3v) is 2.79. The Morgan fingerprint density at radius 2 is 1.38 bits per heavy atom. The van der Waals surface area contributed by atoms with E-state index in [1.807, 2.05) is 6.92 Å². The quantitative estimate of drug-likeness (QED) is 0.595. The van der Waals surface area contributed by atoms with Crippen LogP contribution >= 0.6 is 0 Å². The maximum Gasteiger partial charge on any atom is 0.127 e. The summed E-state index contributed by atoms with van der Waals surface area (Å²) in [5.74, 6) is -0.0718. The summed E-state index contributed by atoms with van der Waals surface area (Å²) in [6.45, 7) is 14.6. The highest BCUT2D eigenvalue weighted by atomic mass is 19.1. The summed E-state index contributed by atoms with van der Waals surface area (Å²) in [7, 11) is 0. The van der Waals surface area contributed by atoms with Crippen molar-refractivity contribution in [3.63, 3.8) is 0 Å². The third-order valence-electron chi connectivity index (χ3n) is 2.79. The maximum absolute atomic E-state index is 14.1. The first kappa shape index (κ1) is 13.2. The minimum absolute atomic E-state index is 0.0184. The van der Waals surface area contributed by atoms with Crippen LogP contribution in [0.5, 0.6) is 0 Å². The first-order chi connectivity index (χ1) is 7.03. The Morgan fingerprint density at radius 3 is 1.75 bits per heavy atom. The van der Waals surface area contributed by atoms with Crippen molar-refractivity contribution in [1.29, 1.82) is 0 Å². The van der Waals surface area contributed by atoms with Gasteiger partial charge in [0.15, 0.2) is 0 Å². The Morgan fingerprint density at radius 1 is 0.875 bits per heavy atom. The van der Waals surface area contributed by atoms with Crippen LogP contribution < -0.4 is 0 Å². The van der Waals surface area contributed by atoms with Gasteiger partial charge >= 0.3 is 0 Å². The first-order valence-electron chi connectivity index (χ1n) is 5.84. The molecule has 1 aromatic carbocycles. The first-order valence-corrected chi connectivity index (χ1v) is 5.84. The summed E-state index contributed by atoms with van der Waals surface area (Å²) in [4.78, 5) is 0. The summed E-state index contributed by atoms with van der Waals surface area (Å²) in [6.07, 6.45) is 0. The fraction of sp³-hybridized carbons (Fsp3) is 0.600. The van der Waals surface area contributed by atoms with Gasteiger partial charge in [0.25, 0.3) is 0 Å². The van der Waals surface area contributed by atoms with E-state index in [1.54, 1.807) is 6.07 Å². The Kier molecular flexibility index (Phi) is 3.20. The van der Waals surface area contributed by atoms with Crippen molar-refractivity contribution in [2.45, 2.75) is 59.3 Å². The largest absolute Gasteiger partial charge is 0.207 e. The molecule has 0 radical (unpaired) electrons. The summed E-state index contributed by atoms with van der Waals surface area (Å²) in [5.41, 5.74) is 2.80. The van der Waals surface area contributed by atoms with E-state index in [0.29, 0.717) is 0 Å². The molecule has 0 atom stereocenters. The molecule has 90 valence electrons. The molecule has 0 aliphatic carbocycles. The molecular formula is C15H23F. The average Bonchev–Trinajstić information content (AvgIpc) is 1.97. The molecule has 0 spiro atoms. The van der Waals surface area contributed by atoms with E-state index in [2.05, 4.69) is 47.6 Å². The zero-order valence-electron chi connectivity index (χ0n) is 11.5. The van der Waals surface area contributed by atoms with E-state index in [4.69, 9.17) is 0 Å². The molecule has 16 heavy (non-hydrogen) atoms. The van der Waals surface area contributed by atoms with Crippen LogP contribution in [0.25, 0.3) is 0 Å². The van der Waals surface area contributed by atoms with Gasteiger partial charge in [-0.05, 0) is 40.5 Å². The topological polar surface area (TPSA) is 0 Å². The molecule has 0 N–H and O–H groups in total. The van der Waals surface area contributed by atoms with Gasteiger partial charge in [0.05, 0.1) is 0 Å². The van der Waals surface area contributed by atoms with Crippen LogP contribution in [-0.2, 0) is 10.8 Å². The zero-order valence-corrected chi connectivity index (χ0v) is 11.5. The SMILES string of the molecule is Cc1cc(F)c(C(C)(C)C)c(C(C)(C)C)c1. The number of aryl methyl sites for hydroxylation is 1. The minimum atomic E-state index is -0.152. The molecule has 0 fully saturated rings. The van der Waals surface area contributed by atoms with Crippen LogP contribution in [0, 0.1) is 12.7 Å². The molecule has 0 nitrogen and oxygen atoms in total.